The fourth-order valence-corrected chi connectivity index (χ4v) is 4.75. The third kappa shape index (κ3) is 6.84. The largest absolute Gasteiger partial charge is 0.490 e. The zero-order chi connectivity index (χ0) is 26.4. The maximum absolute atomic E-state index is 12.3. The second-order valence-corrected chi connectivity index (χ2v) is 9.38. The number of carbonyl (C=O) groups is 1. The number of nitrogens with two attached hydrogens (primary N) is 2. The quantitative estimate of drug-likeness (QED) is 0.241. The third-order valence-corrected chi connectivity index (χ3v) is 6.83. The number of benzene rings is 2. The van der Waals surface area contributed by atoms with Gasteiger partial charge in [0.25, 0.3) is 0 Å². The van der Waals surface area contributed by atoms with Crippen molar-refractivity contribution < 1.29 is 19.0 Å². The Hall–Kier alpha value is -3.95. The molecule has 1 saturated heterocycles. The van der Waals surface area contributed by atoms with Crippen molar-refractivity contribution in [3.63, 3.8) is 0 Å². The molecule has 0 aliphatic carbocycles. The number of piperidine rings is 1. The van der Waals surface area contributed by atoms with Crippen LogP contribution in [0.1, 0.15) is 42.0 Å². The van der Waals surface area contributed by atoms with E-state index in [1.807, 2.05) is 40.1 Å². The first-order chi connectivity index (χ1) is 17.8. The number of carbonyl (C=O) groups excluding carboxylic acids is 1. The monoisotopic (exact) mass is 508 g/mol. The molecule has 10 nitrogen and oxygen atoms in total. The second kappa shape index (κ2) is 11.9. The number of fused-ring (bicyclic) bond motifs is 1. The molecular weight excluding hydrogens is 472 g/mol. The molecule has 2 heterocycles. The zero-order valence-electron chi connectivity index (χ0n) is 21.3. The molecule has 2 aromatic rings. The van der Waals surface area contributed by atoms with Crippen molar-refractivity contribution in [2.45, 2.75) is 51.9 Å². The van der Waals surface area contributed by atoms with E-state index >= 15 is 0 Å². The molecule has 0 bridgehead atoms. The van der Waals surface area contributed by atoms with E-state index in [0.29, 0.717) is 38.6 Å². The predicted octanol–water partition coefficient (Wildman–Crippen LogP) is 2.36. The van der Waals surface area contributed by atoms with Crippen LogP contribution in [0.25, 0.3) is 0 Å². The molecule has 2 aromatic carbocycles. The van der Waals surface area contributed by atoms with Crippen LogP contribution in [0.5, 0.6) is 11.5 Å². The van der Waals surface area contributed by atoms with Gasteiger partial charge < -0.3 is 35.5 Å². The molecule has 4 rings (SSSR count). The Morgan fingerprint density at radius 1 is 0.946 bits per heavy atom. The molecule has 2 aliphatic rings. The van der Waals surface area contributed by atoms with Crippen molar-refractivity contribution in [2.24, 2.45) is 11.5 Å². The van der Waals surface area contributed by atoms with Gasteiger partial charge in [-0.2, -0.15) is 0 Å². The summed E-state index contributed by atoms with van der Waals surface area (Å²) in [4.78, 5) is 16.0. The van der Waals surface area contributed by atoms with Gasteiger partial charge in [-0.1, -0.05) is 12.1 Å². The minimum atomic E-state index is -0.297. The topological polar surface area (TPSA) is 151 Å². The molecule has 1 fully saturated rings. The van der Waals surface area contributed by atoms with Gasteiger partial charge in [-0.3, -0.25) is 15.6 Å². The molecule has 0 amide bonds. The molecule has 198 valence electrons. The van der Waals surface area contributed by atoms with Gasteiger partial charge in [0.1, 0.15) is 24.2 Å². The summed E-state index contributed by atoms with van der Waals surface area (Å²) in [5.41, 5.74) is 15.3. The SMILES string of the molecule is CCOC(=O)Cc1cc(OC2CCN(C(=N)N)CC2)ccc1COc1ccc2c(c1)CN(C(=N)N)CC2. The average molecular weight is 509 g/mol. The molecule has 0 radical (unpaired) electrons. The molecule has 10 heteroatoms. The van der Waals surface area contributed by atoms with E-state index in [1.54, 1.807) is 6.92 Å². The lowest BCUT2D eigenvalue weighted by molar-refractivity contribution is -0.142. The molecule has 6 N–H and O–H groups in total. The van der Waals surface area contributed by atoms with Crippen LogP contribution in [0, 0.1) is 10.8 Å². The van der Waals surface area contributed by atoms with Crippen molar-refractivity contribution >= 4 is 17.9 Å². The molecule has 2 aliphatic heterocycles. The van der Waals surface area contributed by atoms with Gasteiger partial charge in [0.05, 0.1) is 13.0 Å². The van der Waals surface area contributed by atoms with Crippen molar-refractivity contribution in [3.05, 3.63) is 58.7 Å². The highest BCUT2D eigenvalue weighted by Crippen LogP contribution is 2.27. The molecule has 0 spiro atoms. The van der Waals surface area contributed by atoms with Gasteiger partial charge in [0.2, 0.25) is 0 Å². The minimum absolute atomic E-state index is 0.0261. The Morgan fingerprint density at radius 2 is 1.68 bits per heavy atom. The molecule has 0 saturated carbocycles. The Morgan fingerprint density at radius 3 is 2.38 bits per heavy atom. The van der Waals surface area contributed by atoms with E-state index in [-0.39, 0.29) is 30.4 Å². The van der Waals surface area contributed by atoms with Crippen LogP contribution in [0.4, 0.5) is 0 Å². The summed E-state index contributed by atoms with van der Waals surface area (Å²) in [6.45, 7) is 5.11. The van der Waals surface area contributed by atoms with Crippen molar-refractivity contribution in [2.75, 3.05) is 26.2 Å². The van der Waals surface area contributed by atoms with Crippen LogP contribution in [0.3, 0.4) is 0 Å². The summed E-state index contributed by atoms with van der Waals surface area (Å²) < 4.78 is 17.5. The maximum atomic E-state index is 12.3. The summed E-state index contributed by atoms with van der Waals surface area (Å²) in [6.07, 6.45) is 2.55. The highest BCUT2D eigenvalue weighted by atomic mass is 16.5. The van der Waals surface area contributed by atoms with E-state index in [2.05, 4.69) is 6.07 Å². The number of rotatable bonds is 8. The average Bonchev–Trinajstić information content (AvgIpc) is 2.88. The van der Waals surface area contributed by atoms with E-state index in [0.717, 1.165) is 48.2 Å². The lowest BCUT2D eigenvalue weighted by atomic mass is 9.99. The third-order valence-electron chi connectivity index (χ3n) is 6.83. The number of likely N-dealkylation sites (tertiary alicyclic amines) is 1. The Kier molecular flexibility index (Phi) is 8.37. The number of hydrogen-bond donors (Lipinski definition) is 4. The highest BCUT2D eigenvalue weighted by Gasteiger charge is 2.22. The fourth-order valence-electron chi connectivity index (χ4n) is 4.75. The van der Waals surface area contributed by atoms with E-state index in [9.17, 15) is 4.79 Å². The minimum Gasteiger partial charge on any atom is -0.490 e. The first kappa shape index (κ1) is 26.1. The van der Waals surface area contributed by atoms with Gasteiger partial charge in [0, 0.05) is 39.0 Å². The normalized spacial score (nSPS) is 15.6. The summed E-state index contributed by atoms with van der Waals surface area (Å²) in [5.74, 6) is 1.29. The number of guanidine groups is 2. The maximum Gasteiger partial charge on any atom is 0.310 e. The fraction of sp³-hybridized carbons (Fsp3) is 0.444. The second-order valence-electron chi connectivity index (χ2n) is 9.38. The molecule has 37 heavy (non-hydrogen) atoms. The first-order valence-electron chi connectivity index (χ1n) is 12.7. The molecule has 0 unspecified atom stereocenters. The van der Waals surface area contributed by atoms with E-state index in [4.69, 9.17) is 36.5 Å². The summed E-state index contributed by atoms with van der Waals surface area (Å²) in [7, 11) is 0. The van der Waals surface area contributed by atoms with Crippen LogP contribution < -0.4 is 20.9 Å². The van der Waals surface area contributed by atoms with Crippen molar-refractivity contribution in [1.29, 1.82) is 10.8 Å². The lowest BCUT2D eigenvalue weighted by Crippen LogP contribution is -2.44. The van der Waals surface area contributed by atoms with Gasteiger partial charge in [-0.25, -0.2) is 0 Å². The van der Waals surface area contributed by atoms with Crippen LogP contribution in [-0.2, 0) is 35.5 Å². The van der Waals surface area contributed by atoms with Gasteiger partial charge in [-0.05, 0) is 59.9 Å². The Labute approximate surface area is 217 Å². The number of nitrogens with zero attached hydrogens (tertiary/aromatic N) is 2. The van der Waals surface area contributed by atoms with Crippen LogP contribution in [-0.4, -0.2) is 60.0 Å². The number of ether oxygens (including phenoxy) is 3. The van der Waals surface area contributed by atoms with Crippen LogP contribution in [0.15, 0.2) is 36.4 Å². The molecular formula is C27H36N6O4. The number of esters is 1. The smallest absolute Gasteiger partial charge is 0.310 e. The summed E-state index contributed by atoms with van der Waals surface area (Å²) in [6, 6.07) is 11.8. The zero-order valence-corrected chi connectivity index (χ0v) is 21.3. The first-order valence-corrected chi connectivity index (χ1v) is 12.7. The van der Waals surface area contributed by atoms with Gasteiger partial charge >= 0.3 is 5.97 Å². The number of nitrogens with one attached hydrogen (secondary N) is 2. The standard InChI is InChI=1S/C27H36N6O4/c1-2-35-25(34)15-20-13-24(37-22-8-11-32(12-9-22)26(28)29)6-4-19(20)17-36-23-5-3-18-7-10-33(27(30)31)16-21(18)14-23/h3-6,13-14,22H,2,7-12,15-17H2,1H3,(H3,28,29)(H3,30,31). The van der Waals surface area contributed by atoms with Crippen LogP contribution >= 0.6 is 0 Å². The summed E-state index contributed by atoms with van der Waals surface area (Å²) >= 11 is 0. The highest BCUT2D eigenvalue weighted by molar-refractivity contribution is 5.75. The molecule has 0 atom stereocenters. The Balaban J connectivity index is 1.45. The van der Waals surface area contributed by atoms with Gasteiger partial charge in [0.15, 0.2) is 11.9 Å². The van der Waals surface area contributed by atoms with Gasteiger partial charge in [-0.15, -0.1) is 0 Å². The number of hydrogen-bond acceptors (Lipinski definition) is 6. The van der Waals surface area contributed by atoms with Crippen molar-refractivity contribution in [3.8, 4) is 11.5 Å². The van der Waals surface area contributed by atoms with E-state index in [1.165, 1.54) is 5.56 Å². The summed E-state index contributed by atoms with van der Waals surface area (Å²) in [5, 5.41) is 15.3. The van der Waals surface area contributed by atoms with Crippen LogP contribution in [0.2, 0.25) is 0 Å². The van der Waals surface area contributed by atoms with Crippen molar-refractivity contribution in [1.82, 2.24) is 9.80 Å². The Bertz CT molecular complexity index is 1150. The molecule has 0 aromatic heterocycles. The predicted molar refractivity (Wildman–Crippen MR) is 141 cm³/mol. The lowest BCUT2D eigenvalue weighted by Gasteiger charge is -2.32. The van der Waals surface area contributed by atoms with E-state index < -0.39 is 0 Å².